The number of ether oxygens (including phenoxy) is 3. The Labute approximate surface area is 140 Å². The van der Waals surface area contributed by atoms with Crippen LogP contribution in [0.25, 0.3) is 0 Å². The molecule has 24 heavy (non-hydrogen) atoms. The average Bonchev–Trinajstić information content (AvgIpc) is 3.02. The van der Waals surface area contributed by atoms with Gasteiger partial charge in [0.25, 0.3) is 5.91 Å². The fourth-order valence-electron chi connectivity index (χ4n) is 2.68. The molecule has 1 saturated heterocycles. The third kappa shape index (κ3) is 3.63. The lowest BCUT2D eigenvalue weighted by Gasteiger charge is -2.32. The molecule has 2 heterocycles. The van der Waals surface area contributed by atoms with Gasteiger partial charge in [-0.05, 0) is 25.1 Å². The molecular weight excluding hydrogens is 336 g/mol. The van der Waals surface area contributed by atoms with Crippen LogP contribution >= 0.6 is 0 Å². The summed E-state index contributed by atoms with van der Waals surface area (Å²) in [7, 11) is -3.43. The number of fused-ring (bicyclic) bond motifs is 1. The van der Waals surface area contributed by atoms with Crippen molar-refractivity contribution < 1.29 is 27.4 Å². The van der Waals surface area contributed by atoms with Gasteiger partial charge in [0.1, 0.15) is 0 Å². The molecule has 0 aromatic heterocycles. The lowest BCUT2D eigenvalue weighted by Crippen LogP contribution is -2.49. The lowest BCUT2D eigenvalue weighted by molar-refractivity contribution is 0.0393. The number of carbonyl (C=O) groups is 1. The van der Waals surface area contributed by atoms with Gasteiger partial charge in [0.2, 0.25) is 16.8 Å². The molecule has 0 bridgehead atoms. The summed E-state index contributed by atoms with van der Waals surface area (Å²) in [5.41, 5.74) is 0.399. The maximum Gasteiger partial charge on any atom is 0.251 e. The van der Waals surface area contributed by atoms with E-state index < -0.39 is 10.0 Å². The summed E-state index contributed by atoms with van der Waals surface area (Å²) in [4.78, 5) is 12.1. The highest BCUT2D eigenvalue weighted by atomic mass is 32.2. The van der Waals surface area contributed by atoms with Crippen LogP contribution in [-0.4, -0.2) is 63.5 Å². The van der Waals surface area contributed by atoms with Crippen LogP contribution in [0.4, 0.5) is 0 Å². The fourth-order valence-corrected chi connectivity index (χ4v) is 4.23. The van der Waals surface area contributed by atoms with Crippen molar-refractivity contribution >= 4 is 15.9 Å². The molecule has 2 aliphatic heterocycles. The van der Waals surface area contributed by atoms with Gasteiger partial charge < -0.3 is 19.5 Å². The molecule has 0 radical (unpaired) electrons. The van der Waals surface area contributed by atoms with Crippen LogP contribution in [0.3, 0.4) is 0 Å². The molecule has 1 N–H and O–H groups in total. The molecule has 1 atom stereocenters. The number of benzene rings is 1. The van der Waals surface area contributed by atoms with Crippen LogP contribution in [0.5, 0.6) is 11.5 Å². The van der Waals surface area contributed by atoms with E-state index in [9.17, 15) is 13.2 Å². The first kappa shape index (κ1) is 17.0. The number of amides is 1. The molecule has 0 aliphatic carbocycles. The van der Waals surface area contributed by atoms with Gasteiger partial charge in [-0.15, -0.1) is 0 Å². The van der Waals surface area contributed by atoms with E-state index in [0.29, 0.717) is 36.8 Å². The van der Waals surface area contributed by atoms with Crippen molar-refractivity contribution in [3.63, 3.8) is 0 Å². The van der Waals surface area contributed by atoms with E-state index in [1.807, 2.05) is 6.92 Å². The number of morpholine rings is 1. The highest BCUT2D eigenvalue weighted by Gasteiger charge is 2.29. The lowest BCUT2D eigenvalue weighted by atomic mass is 10.2. The van der Waals surface area contributed by atoms with Gasteiger partial charge >= 0.3 is 0 Å². The first-order valence-electron chi connectivity index (χ1n) is 7.72. The highest BCUT2D eigenvalue weighted by molar-refractivity contribution is 7.89. The second kappa shape index (κ2) is 6.96. The molecule has 1 unspecified atom stereocenters. The Morgan fingerprint density at radius 3 is 2.92 bits per heavy atom. The maximum atomic E-state index is 12.3. The van der Waals surface area contributed by atoms with Crippen LogP contribution in [-0.2, 0) is 14.8 Å². The van der Waals surface area contributed by atoms with E-state index in [-0.39, 0.29) is 31.0 Å². The van der Waals surface area contributed by atoms with E-state index in [1.54, 1.807) is 18.2 Å². The minimum absolute atomic E-state index is 0.0414. The first-order valence-corrected chi connectivity index (χ1v) is 9.33. The van der Waals surface area contributed by atoms with Crippen LogP contribution in [0, 0.1) is 0 Å². The van der Waals surface area contributed by atoms with E-state index in [0.717, 1.165) is 0 Å². The van der Waals surface area contributed by atoms with Gasteiger partial charge in [0.05, 0.1) is 19.0 Å². The summed E-state index contributed by atoms with van der Waals surface area (Å²) in [6, 6.07) is 4.66. The monoisotopic (exact) mass is 356 g/mol. The molecule has 1 amide bonds. The Morgan fingerprint density at radius 2 is 2.12 bits per heavy atom. The summed E-state index contributed by atoms with van der Waals surface area (Å²) >= 11 is 0. The predicted octanol–water partition coefficient (Wildman–Crippen LogP) is 0.196. The van der Waals surface area contributed by atoms with Crippen molar-refractivity contribution in [3.05, 3.63) is 23.8 Å². The molecule has 3 rings (SSSR count). The topological polar surface area (TPSA) is 94.2 Å². The maximum absolute atomic E-state index is 12.3. The highest BCUT2D eigenvalue weighted by Crippen LogP contribution is 2.32. The second-order valence-electron chi connectivity index (χ2n) is 5.67. The summed E-state index contributed by atoms with van der Waals surface area (Å²) < 4.78 is 41.8. The summed E-state index contributed by atoms with van der Waals surface area (Å²) in [5.74, 6) is 0.611. The number of hydrogen-bond acceptors (Lipinski definition) is 6. The van der Waals surface area contributed by atoms with Gasteiger partial charge in [0.15, 0.2) is 11.5 Å². The zero-order valence-corrected chi connectivity index (χ0v) is 14.2. The first-order chi connectivity index (χ1) is 11.5. The zero-order valence-electron chi connectivity index (χ0n) is 13.4. The van der Waals surface area contributed by atoms with Crippen molar-refractivity contribution in [2.75, 3.05) is 38.8 Å². The molecular formula is C15H20N2O6S. The van der Waals surface area contributed by atoms with Crippen molar-refractivity contribution in [1.29, 1.82) is 0 Å². The molecule has 2 aliphatic rings. The molecule has 1 fully saturated rings. The SMILES string of the molecule is CC1COCCN1S(=O)(=O)CCNC(=O)c1ccc2c(c1)OCO2. The van der Waals surface area contributed by atoms with Gasteiger partial charge in [-0.1, -0.05) is 0 Å². The van der Waals surface area contributed by atoms with Crippen molar-refractivity contribution in [2.24, 2.45) is 0 Å². The van der Waals surface area contributed by atoms with Gasteiger partial charge in [0, 0.05) is 24.7 Å². The Balaban J connectivity index is 1.55. The largest absolute Gasteiger partial charge is 0.454 e. The molecule has 0 spiro atoms. The van der Waals surface area contributed by atoms with E-state index in [4.69, 9.17) is 14.2 Å². The number of nitrogens with one attached hydrogen (secondary N) is 1. The zero-order chi connectivity index (χ0) is 17.2. The van der Waals surface area contributed by atoms with Crippen LogP contribution in [0.15, 0.2) is 18.2 Å². The van der Waals surface area contributed by atoms with Crippen LogP contribution in [0.1, 0.15) is 17.3 Å². The number of sulfonamides is 1. The van der Waals surface area contributed by atoms with Crippen LogP contribution < -0.4 is 14.8 Å². The quantitative estimate of drug-likeness (QED) is 0.810. The normalized spacial score (nSPS) is 20.8. The summed E-state index contributed by atoms with van der Waals surface area (Å²) in [6.07, 6.45) is 0. The third-order valence-electron chi connectivity index (χ3n) is 3.94. The smallest absolute Gasteiger partial charge is 0.251 e. The second-order valence-corrected chi connectivity index (χ2v) is 7.72. The Bertz CT molecular complexity index is 721. The number of rotatable bonds is 5. The molecule has 132 valence electrons. The summed E-state index contributed by atoms with van der Waals surface area (Å²) in [5, 5.41) is 2.63. The number of carbonyl (C=O) groups excluding carboxylic acids is 1. The fraction of sp³-hybridized carbons (Fsp3) is 0.533. The molecule has 8 nitrogen and oxygen atoms in total. The summed E-state index contributed by atoms with van der Waals surface area (Å²) in [6.45, 7) is 3.12. The minimum Gasteiger partial charge on any atom is -0.454 e. The van der Waals surface area contributed by atoms with Crippen LogP contribution in [0.2, 0.25) is 0 Å². The van der Waals surface area contributed by atoms with E-state index in [2.05, 4.69) is 5.32 Å². The molecule has 1 aromatic carbocycles. The van der Waals surface area contributed by atoms with E-state index >= 15 is 0 Å². The predicted molar refractivity (Wildman–Crippen MR) is 85.7 cm³/mol. The third-order valence-corrected chi connectivity index (χ3v) is 5.92. The number of nitrogens with zero attached hydrogens (tertiary/aromatic N) is 1. The van der Waals surface area contributed by atoms with Crippen molar-refractivity contribution in [3.8, 4) is 11.5 Å². The molecule has 1 aromatic rings. The van der Waals surface area contributed by atoms with Gasteiger partial charge in [-0.3, -0.25) is 4.79 Å². The van der Waals surface area contributed by atoms with E-state index in [1.165, 1.54) is 4.31 Å². The Hall–Kier alpha value is -1.84. The van der Waals surface area contributed by atoms with Gasteiger partial charge in [-0.2, -0.15) is 4.31 Å². The number of hydrogen-bond donors (Lipinski definition) is 1. The molecule has 9 heteroatoms. The standard InChI is InChI=1S/C15H20N2O6S/c1-11-9-21-6-5-17(11)24(19,20)7-4-16-15(18)12-2-3-13-14(8-12)23-10-22-13/h2-3,8,11H,4-7,9-10H2,1H3,(H,16,18). The Morgan fingerprint density at radius 1 is 1.33 bits per heavy atom. The Kier molecular flexibility index (Phi) is 4.93. The van der Waals surface area contributed by atoms with Crippen molar-refractivity contribution in [2.45, 2.75) is 13.0 Å². The minimum atomic E-state index is -3.43. The molecule has 0 saturated carbocycles. The average molecular weight is 356 g/mol. The van der Waals surface area contributed by atoms with Gasteiger partial charge in [-0.25, -0.2) is 8.42 Å². The van der Waals surface area contributed by atoms with Crippen molar-refractivity contribution in [1.82, 2.24) is 9.62 Å².